The van der Waals surface area contributed by atoms with Gasteiger partial charge in [-0.25, -0.2) is 4.39 Å². The van der Waals surface area contributed by atoms with Gasteiger partial charge in [0.1, 0.15) is 5.82 Å². The van der Waals surface area contributed by atoms with Crippen molar-refractivity contribution in [3.8, 4) is 11.1 Å². The second kappa shape index (κ2) is 7.57. The number of hydrogen-bond donors (Lipinski definition) is 1. The number of amides is 1. The molecule has 4 aromatic rings. The molecule has 1 amide bonds. The number of benzene rings is 3. The van der Waals surface area contributed by atoms with Gasteiger partial charge in [-0.2, -0.15) is 13.2 Å². The Kier molecular flexibility index (Phi) is 5.07. The Morgan fingerprint density at radius 1 is 0.933 bits per heavy atom. The molecule has 0 aliphatic carbocycles. The lowest BCUT2D eigenvalue weighted by Crippen LogP contribution is -2.11. The molecule has 0 aliphatic rings. The Morgan fingerprint density at radius 2 is 1.70 bits per heavy atom. The van der Waals surface area contributed by atoms with E-state index in [-0.39, 0.29) is 11.1 Å². The molecule has 0 saturated carbocycles. The third-order valence-corrected chi connectivity index (χ3v) is 5.95. The summed E-state index contributed by atoms with van der Waals surface area (Å²) in [6, 6.07) is 16.4. The molecular weight excluding hydrogens is 414 g/mol. The molecule has 0 radical (unpaired) electrons. The quantitative estimate of drug-likeness (QED) is 0.374. The van der Waals surface area contributed by atoms with Crippen LogP contribution in [-0.2, 0) is 12.6 Å². The molecule has 30 heavy (non-hydrogen) atoms. The van der Waals surface area contributed by atoms with Gasteiger partial charge in [0.05, 0.1) is 5.56 Å². The molecule has 1 aromatic heterocycles. The predicted molar refractivity (Wildman–Crippen MR) is 110 cm³/mol. The third-order valence-electron chi connectivity index (χ3n) is 4.77. The van der Waals surface area contributed by atoms with Crippen molar-refractivity contribution in [2.24, 2.45) is 5.73 Å². The zero-order valence-corrected chi connectivity index (χ0v) is 16.3. The van der Waals surface area contributed by atoms with E-state index in [1.54, 1.807) is 18.2 Å². The first-order chi connectivity index (χ1) is 14.2. The number of thiophene rings is 1. The molecule has 1 heterocycles. The number of hydrogen-bond acceptors (Lipinski definition) is 2. The minimum atomic E-state index is -4.40. The van der Waals surface area contributed by atoms with Crippen LogP contribution < -0.4 is 5.73 Å². The van der Waals surface area contributed by atoms with Crippen LogP contribution >= 0.6 is 11.3 Å². The first kappa shape index (κ1) is 20.1. The number of fused-ring (bicyclic) bond motifs is 1. The van der Waals surface area contributed by atoms with E-state index in [1.165, 1.54) is 35.6 Å². The van der Waals surface area contributed by atoms with Crippen molar-refractivity contribution >= 4 is 27.3 Å². The summed E-state index contributed by atoms with van der Waals surface area (Å²) < 4.78 is 54.2. The van der Waals surface area contributed by atoms with E-state index >= 15 is 0 Å². The number of primary amides is 1. The minimum absolute atomic E-state index is 0.198. The largest absolute Gasteiger partial charge is 0.416 e. The molecule has 3 aromatic carbocycles. The first-order valence-corrected chi connectivity index (χ1v) is 9.81. The predicted octanol–water partition coefficient (Wildman–Crippen LogP) is 6.42. The summed E-state index contributed by atoms with van der Waals surface area (Å²) in [5, 5.41) is 0.850. The van der Waals surface area contributed by atoms with Gasteiger partial charge in [0.15, 0.2) is 0 Å². The van der Waals surface area contributed by atoms with Gasteiger partial charge in [-0.05, 0) is 41.3 Å². The van der Waals surface area contributed by atoms with E-state index < -0.39 is 23.5 Å². The van der Waals surface area contributed by atoms with Crippen LogP contribution in [0.3, 0.4) is 0 Å². The molecule has 0 unspecified atom stereocenters. The Bertz CT molecular complexity index is 1260. The van der Waals surface area contributed by atoms with Crippen LogP contribution in [0.2, 0.25) is 0 Å². The molecular formula is C23H15F4NOS. The van der Waals surface area contributed by atoms with Crippen LogP contribution in [0, 0.1) is 5.82 Å². The van der Waals surface area contributed by atoms with Crippen molar-refractivity contribution in [1.29, 1.82) is 0 Å². The Labute approximate surface area is 173 Å². The smallest absolute Gasteiger partial charge is 0.366 e. The second-order valence-corrected chi connectivity index (χ2v) is 8.01. The van der Waals surface area contributed by atoms with Crippen molar-refractivity contribution in [2.75, 3.05) is 0 Å². The van der Waals surface area contributed by atoms with Gasteiger partial charge < -0.3 is 5.73 Å². The van der Waals surface area contributed by atoms with Crippen molar-refractivity contribution in [1.82, 2.24) is 0 Å². The van der Waals surface area contributed by atoms with Crippen molar-refractivity contribution in [2.45, 2.75) is 12.6 Å². The highest BCUT2D eigenvalue weighted by Gasteiger charge is 2.30. The molecule has 0 aliphatic heterocycles. The van der Waals surface area contributed by atoms with Crippen LogP contribution in [0.5, 0.6) is 0 Å². The van der Waals surface area contributed by atoms with Crippen LogP contribution in [-0.4, -0.2) is 5.91 Å². The second-order valence-electron chi connectivity index (χ2n) is 6.87. The lowest BCUT2D eigenvalue weighted by atomic mass is 10.0. The summed E-state index contributed by atoms with van der Waals surface area (Å²) in [5.41, 5.74) is 6.23. The minimum Gasteiger partial charge on any atom is -0.366 e. The van der Waals surface area contributed by atoms with Gasteiger partial charge in [-0.1, -0.05) is 36.4 Å². The number of rotatable bonds is 4. The van der Waals surface area contributed by atoms with Crippen molar-refractivity contribution in [3.63, 3.8) is 0 Å². The molecule has 0 atom stereocenters. The average Bonchev–Trinajstić information content (AvgIpc) is 3.10. The van der Waals surface area contributed by atoms with Gasteiger partial charge in [0.2, 0.25) is 5.91 Å². The number of alkyl halides is 3. The van der Waals surface area contributed by atoms with Gasteiger partial charge in [0, 0.05) is 32.7 Å². The number of carbonyl (C=O) groups is 1. The van der Waals surface area contributed by atoms with E-state index in [0.717, 1.165) is 27.1 Å². The molecule has 2 nitrogen and oxygen atoms in total. The number of nitrogens with two attached hydrogens (primary N) is 1. The zero-order chi connectivity index (χ0) is 21.5. The fourth-order valence-electron chi connectivity index (χ4n) is 3.36. The fraction of sp³-hybridized carbons (Fsp3) is 0.0870. The van der Waals surface area contributed by atoms with Crippen LogP contribution in [0.25, 0.3) is 21.2 Å². The Morgan fingerprint density at radius 3 is 2.43 bits per heavy atom. The molecule has 152 valence electrons. The van der Waals surface area contributed by atoms with Gasteiger partial charge in [-0.3, -0.25) is 4.79 Å². The maximum atomic E-state index is 14.5. The fourth-order valence-corrected chi connectivity index (χ4v) is 4.58. The standard InChI is InChI=1S/C23H15F4NOS/c24-20-8-7-15(22(28)29)12-19(20)18-6-2-4-14-11-17(30-21(14)18)10-13-3-1-5-16(9-13)23(25,26)27/h1-9,11-12H,10H2,(H2,28,29). The molecule has 0 bridgehead atoms. The van der Waals surface area contributed by atoms with E-state index in [0.29, 0.717) is 17.5 Å². The molecule has 0 saturated heterocycles. The topological polar surface area (TPSA) is 43.1 Å². The highest BCUT2D eigenvalue weighted by atomic mass is 32.1. The first-order valence-electron chi connectivity index (χ1n) is 8.99. The van der Waals surface area contributed by atoms with Crippen LogP contribution in [0.1, 0.15) is 26.4 Å². The SMILES string of the molecule is NC(=O)c1ccc(F)c(-c2cccc3cc(Cc4cccc(C(F)(F)F)c4)sc23)c1. The summed E-state index contributed by atoms with van der Waals surface area (Å²) >= 11 is 1.39. The zero-order valence-electron chi connectivity index (χ0n) is 15.5. The molecule has 2 N–H and O–H groups in total. The summed E-state index contributed by atoms with van der Waals surface area (Å²) in [6.07, 6.45) is -4.07. The molecule has 0 fully saturated rings. The number of halogens is 4. The summed E-state index contributed by atoms with van der Waals surface area (Å²) in [4.78, 5) is 12.3. The Hall–Kier alpha value is -3.19. The Balaban J connectivity index is 1.75. The van der Waals surface area contributed by atoms with Gasteiger partial charge in [0.25, 0.3) is 0 Å². The summed E-state index contributed by atoms with van der Waals surface area (Å²) in [6.45, 7) is 0. The maximum Gasteiger partial charge on any atom is 0.416 e. The normalized spacial score (nSPS) is 11.7. The van der Waals surface area contributed by atoms with Crippen molar-refractivity contribution in [3.05, 3.63) is 94.1 Å². The number of carbonyl (C=O) groups excluding carboxylic acids is 1. The van der Waals surface area contributed by atoms with E-state index in [4.69, 9.17) is 5.73 Å². The molecule has 7 heteroatoms. The van der Waals surface area contributed by atoms with E-state index in [2.05, 4.69) is 0 Å². The molecule has 0 spiro atoms. The van der Waals surface area contributed by atoms with Gasteiger partial charge >= 0.3 is 6.18 Å². The van der Waals surface area contributed by atoms with Crippen molar-refractivity contribution < 1.29 is 22.4 Å². The lowest BCUT2D eigenvalue weighted by Gasteiger charge is -2.08. The lowest BCUT2D eigenvalue weighted by molar-refractivity contribution is -0.137. The maximum absolute atomic E-state index is 14.5. The average molecular weight is 429 g/mol. The monoisotopic (exact) mass is 429 g/mol. The van der Waals surface area contributed by atoms with E-state index in [1.807, 2.05) is 12.1 Å². The van der Waals surface area contributed by atoms with Gasteiger partial charge in [-0.15, -0.1) is 11.3 Å². The highest BCUT2D eigenvalue weighted by molar-refractivity contribution is 7.19. The summed E-state index contributed by atoms with van der Waals surface area (Å²) in [5.74, 6) is -1.14. The summed E-state index contributed by atoms with van der Waals surface area (Å²) in [7, 11) is 0. The van der Waals surface area contributed by atoms with Crippen LogP contribution in [0.15, 0.2) is 66.7 Å². The van der Waals surface area contributed by atoms with Crippen LogP contribution in [0.4, 0.5) is 17.6 Å². The van der Waals surface area contributed by atoms with E-state index in [9.17, 15) is 22.4 Å². The third kappa shape index (κ3) is 3.93. The molecule has 4 rings (SSSR count). The highest BCUT2D eigenvalue weighted by Crippen LogP contribution is 2.37.